The number of benzene rings is 1. The normalized spacial score (nSPS) is 12.8. The van der Waals surface area contributed by atoms with Crippen molar-refractivity contribution in [3.8, 4) is 5.75 Å². The van der Waals surface area contributed by atoms with Gasteiger partial charge >= 0.3 is 0 Å². The van der Waals surface area contributed by atoms with E-state index in [1.54, 1.807) is 6.07 Å². The molecule has 13 heavy (non-hydrogen) atoms. The summed E-state index contributed by atoms with van der Waals surface area (Å²) in [5, 5.41) is 9.58. The second-order valence-corrected chi connectivity index (χ2v) is 3.60. The lowest BCUT2D eigenvalue weighted by molar-refractivity contribution is 0.459. The van der Waals surface area contributed by atoms with Crippen molar-refractivity contribution < 1.29 is 5.11 Å². The van der Waals surface area contributed by atoms with Crippen LogP contribution in [0.2, 0.25) is 0 Å². The van der Waals surface area contributed by atoms with Gasteiger partial charge in [-0.25, -0.2) is 0 Å². The van der Waals surface area contributed by atoms with Gasteiger partial charge in [-0.15, -0.1) is 0 Å². The molecule has 0 aromatic heterocycles. The van der Waals surface area contributed by atoms with Gasteiger partial charge in [-0.05, 0) is 24.0 Å². The van der Waals surface area contributed by atoms with Crippen LogP contribution in [0, 0.1) is 0 Å². The molecule has 1 heteroatoms. The van der Waals surface area contributed by atoms with Gasteiger partial charge in [0, 0.05) is 0 Å². The summed E-state index contributed by atoms with van der Waals surface area (Å²) < 4.78 is 0. The first kappa shape index (κ1) is 10.1. The molecular formula is C12H18O. The van der Waals surface area contributed by atoms with Gasteiger partial charge in [-0.2, -0.15) is 0 Å². The lowest BCUT2D eigenvalue weighted by atomic mass is 9.95. The zero-order chi connectivity index (χ0) is 9.68. The number of phenols is 1. The van der Waals surface area contributed by atoms with Gasteiger partial charge in [0.25, 0.3) is 0 Å². The number of para-hydroxylation sites is 1. The van der Waals surface area contributed by atoms with Crippen LogP contribution < -0.4 is 0 Å². The highest BCUT2D eigenvalue weighted by molar-refractivity contribution is 5.34. The molecule has 1 aromatic rings. The van der Waals surface area contributed by atoms with E-state index in [1.165, 1.54) is 12.8 Å². The monoisotopic (exact) mass is 178 g/mol. The van der Waals surface area contributed by atoms with Crippen molar-refractivity contribution in [3.63, 3.8) is 0 Å². The third-order valence-electron chi connectivity index (χ3n) is 2.46. The highest BCUT2D eigenvalue weighted by Gasteiger charge is 2.08. The Morgan fingerprint density at radius 3 is 2.62 bits per heavy atom. The molecule has 0 aliphatic heterocycles. The molecule has 1 N–H and O–H groups in total. The topological polar surface area (TPSA) is 20.2 Å². The number of hydrogen-bond acceptors (Lipinski definition) is 1. The Balaban J connectivity index is 2.65. The van der Waals surface area contributed by atoms with Gasteiger partial charge in [0.1, 0.15) is 5.75 Å². The summed E-state index contributed by atoms with van der Waals surface area (Å²) in [5.41, 5.74) is 1.08. The van der Waals surface area contributed by atoms with Gasteiger partial charge in [0.2, 0.25) is 0 Å². The quantitative estimate of drug-likeness (QED) is 0.745. The summed E-state index contributed by atoms with van der Waals surface area (Å²) in [6.07, 6.45) is 3.61. The largest absolute Gasteiger partial charge is 0.508 e. The first-order valence-corrected chi connectivity index (χ1v) is 5.03. The molecule has 0 fully saturated rings. The zero-order valence-corrected chi connectivity index (χ0v) is 8.46. The molecule has 0 spiro atoms. The molecule has 1 aromatic carbocycles. The fraction of sp³-hybridized carbons (Fsp3) is 0.500. The summed E-state index contributed by atoms with van der Waals surface area (Å²) >= 11 is 0. The van der Waals surface area contributed by atoms with E-state index in [1.807, 2.05) is 18.2 Å². The SMILES string of the molecule is CCCCC(C)c1ccccc1O. The average molecular weight is 178 g/mol. The van der Waals surface area contributed by atoms with Crippen molar-refractivity contribution in [2.24, 2.45) is 0 Å². The third-order valence-corrected chi connectivity index (χ3v) is 2.46. The smallest absolute Gasteiger partial charge is 0.119 e. The second kappa shape index (κ2) is 4.90. The van der Waals surface area contributed by atoms with Crippen molar-refractivity contribution in [1.82, 2.24) is 0 Å². The molecule has 0 aliphatic carbocycles. The predicted octanol–water partition coefficient (Wildman–Crippen LogP) is 3.69. The fourth-order valence-electron chi connectivity index (χ4n) is 1.57. The Kier molecular flexibility index (Phi) is 3.81. The van der Waals surface area contributed by atoms with Gasteiger partial charge in [0.15, 0.2) is 0 Å². The minimum atomic E-state index is 0.436. The first-order valence-electron chi connectivity index (χ1n) is 5.03. The highest BCUT2D eigenvalue weighted by Crippen LogP contribution is 2.28. The zero-order valence-electron chi connectivity index (χ0n) is 8.46. The lowest BCUT2D eigenvalue weighted by Gasteiger charge is -2.12. The average Bonchev–Trinajstić information content (AvgIpc) is 2.15. The molecule has 0 radical (unpaired) electrons. The van der Waals surface area contributed by atoms with Gasteiger partial charge < -0.3 is 5.11 Å². The molecule has 0 aliphatic rings. The summed E-state index contributed by atoms with van der Waals surface area (Å²) in [6, 6.07) is 7.62. The van der Waals surface area contributed by atoms with Crippen molar-refractivity contribution in [3.05, 3.63) is 29.8 Å². The van der Waals surface area contributed by atoms with Crippen molar-refractivity contribution >= 4 is 0 Å². The van der Waals surface area contributed by atoms with E-state index in [4.69, 9.17) is 0 Å². The molecular weight excluding hydrogens is 160 g/mol. The van der Waals surface area contributed by atoms with Crippen LogP contribution in [-0.4, -0.2) is 5.11 Å². The van der Waals surface area contributed by atoms with Crippen molar-refractivity contribution in [2.45, 2.75) is 39.0 Å². The molecule has 1 unspecified atom stereocenters. The van der Waals surface area contributed by atoms with Gasteiger partial charge in [-0.3, -0.25) is 0 Å². The van der Waals surface area contributed by atoms with Gasteiger partial charge in [-0.1, -0.05) is 44.9 Å². The van der Waals surface area contributed by atoms with E-state index in [-0.39, 0.29) is 0 Å². The lowest BCUT2D eigenvalue weighted by Crippen LogP contribution is -1.93. The summed E-state index contributed by atoms with van der Waals surface area (Å²) in [5.74, 6) is 0.909. The summed E-state index contributed by atoms with van der Waals surface area (Å²) in [6.45, 7) is 4.36. The van der Waals surface area contributed by atoms with Crippen LogP contribution in [0.4, 0.5) is 0 Å². The number of aromatic hydroxyl groups is 1. The molecule has 0 saturated heterocycles. The maximum absolute atomic E-state index is 9.58. The summed E-state index contributed by atoms with van der Waals surface area (Å²) in [7, 11) is 0. The minimum Gasteiger partial charge on any atom is -0.508 e. The number of rotatable bonds is 4. The predicted molar refractivity (Wildman–Crippen MR) is 56.0 cm³/mol. The molecule has 0 bridgehead atoms. The van der Waals surface area contributed by atoms with Crippen LogP contribution in [0.25, 0.3) is 0 Å². The van der Waals surface area contributed by atoms with E-state index in [0.29, 0.717) is 11.7 Å². The highest BCUT2D eigenvalue weighted by atomic mass is 16.3. The van der Waals surface area contributed by atoms with Crippen molar-refractivity contribution in [2.75, 3.05) is 0 Å². The van der Waals surface area contributed by atoms with Crippen LogP contribution >= 0.6 is 0 Å². The van der Waals surface area contributed by atoms with Gasteiger partial charge in [0.05, 0.1) is 0 Å². The molecule has 1 atom stereocenters. The molecule has 1 rings (SSSR count). The fourth-order valence-corrected chi connectivity index (χ4v) is 1.57. The van der Waals surface area contributed by atoms with E-state index in [9.17, 15) is 5.11 Å². The molecule has 0 heterocycles. The number of phenolic OH excluding ortho intramolecular Hbond substituents is 1. The van der Waals surface area contributed by atoms with E-state index in [2.05, 4.69) is 13.8 Å². The minimum absolute atomic E-state index is 0.436. The second-order valence-electron chi connectivity index (χ2n) is 3.60. The number of hydrogen-bond donors (Lipinski definition) is 1. The number of unbranched alkanes of at least 4 members (excludes halogenated alkanes) is 1. The van der Waals surface area contributed by atoms with E-state index < -0.39 is 0 Å². The Morgan fingerprint density at radius 1 is 1.31 bits per heavy atom. The Bertz CT molecular complexity index is 255. The van der Waals surface area contributed by atoms with Crippen LogP contribution in [0.3, 0.4) is 0 Å². The van der Waals surface area contributed by atoms with E-state index in [0.717, 1.165) is 12.0 Å². The van der Waals surface area contributed by atoms with Crippen LogP contribution in [0.5, 0.6) is 5.75 Å². The molecule has 1 nitrogen and oxygen atoms in total. The molecule has 0 saturated carbocycles. The van der Waals surface area contributed by atoms with Crippen LogP contribution in [0.1, 0.15) is 44.6 Å². The third kappa shape index (κ3) is 2.76. The molecule has 72 valence electrons. The Labute approximate surface area is 80.4 Å². The Morgan fingerprint density at radius 2 is 2.00 bits per heavy atom. The molecule has 0 amide bonds. The standard InChI is InChI=1S/C12H18O/c1-3-4-7-10(2)11-8-5-6-9-12(11)13/h5-6,8-10,13H,3-4,7H2,1-2H3. The first-order chi connectivity index (χ1) is 6.25. The van der Waals surface area contributed by atoms with Crippen LogP contribution in [-0.2, 0) is 0 Å². The maximum atomic E-state index is 9.58. The van der Waals surface area contributed by atoms with E-state index >= 15 is 0 Å². The van der Waals surface area contributed by atoms with Crippen molar-refractivity contribution in [1.29, 1.82) is 0 Å². The Hall–Kier alpha value is -0.980. The van der Waals surface area contributed by atoms with Crippen LogP contribution in [0.15, 0.2) is 24.3 Å². The maximum Gasteiger partial charge on any atom is 0.119 e. The summed E-state index contributed by atoms with van der Waals surface area (Å²) in [4.78, 5) is 0.